The summed E-state index contributed by atoms with van der Waals surface area (Å²) in [5.41, 5.74) is 1.31. The van der Waals surface area contributed by atoms with E-state index in [1.54, 1.807) is 22.2 Å². The first-order valence-corrected chi connectivity index (χ1v) is 10.5. The Morgan fingerprint density at radius 2 is 2.00 bits per heavy atom. The third-order valence-electron chi connectivity index (χ3n) is 5.49. The maximum absolute atomic E-state index is 13.6. The maximum atomic E-state index is 13.6. The minimum absolute atomic E-state index is 0.0669. The second-order valence-electron chi connectivity index (χ2n) is 7.23. The van der Waals surface area contributed by atoms with Crippen molar-refractivity contribution in [3.63, 3.8) is 0 Å². The Balaban J connectivity index is 1.70. The van der Waals surface area contributed by atoms with E-state index in [1.807, 2.05) is 12.1 Å². The van der Waals surface area contributed by atoms with Gasteiger partial charge in [0.25, 0.3) is 5.56 Å². The van der Waals surface area contributed by atoms with Gasteiger partial charge in [0.1, 0.15) is 10.6 Å². The highest BCUT2D eigenvalue weighted by Gasteiger charge is 2.24. The van der Waals surface area contributed by atoms with E-state index < -0.39 is 0 Å². The normalized spacial score (nSPS) is 17.9. The Morgan fingerprint density at radius 3 is 2.81 bits per heavy atom. The van der Waals surface area contributed by atoms with Crippen LogP contribution in [0.3, 0.4) is 0 Å². The number of fused-ring (bicyclic) bond motifs is 3. The van der Waals surface area contributed by atoms with E-state index in [0.29, 0.717) is 19.8 Å². The van der Waals surface area contributed by atoms with Crippen molar-refractivity contribution in [2.45, 2.75) is 38.6 Å². The molecule has 1 aliphatic carbocycles. The summed E-state index contributed by atoms with van der Waals surface area (Å²) in [6.45, 7) is 3.24. The van der Waals surface area contributed by atoms with Gasteiger partial charge in [-0.15, -0.1) is 11.3 Å². The Kier molecular flexibility index (Phi) is 4.49. The SMILES string of the molecule is O=c1c2c3c(sc2nc(N2CCOCC2)n1Cc1ccco1)CCCCC3. The Labute approximate surface area is 161 Å². The largest absolute Gasteiger partial charge is 0.467 e. The Bertz CT molecular complexity index is 1000. The number of aromatic nitrogens is 2. The summed E-state index contributed by atoms with van der Waals surface area (Å²) in [5.74, 6) is 1.51. The van der Waals surface area contributed by atoms with E-state index >= 15 is 0 Å². The number of thiophene rings is 1. The van der Waals surface area contributed by atoms with Gasteiger partial charge in [0.05, 0.1) is 31.4 Å². The molecule has 2 aliphatic rings. The lowest BCUT2D eigenvalue weighted by molar-refractivity contribution is 0.121. The molecule has 0 amide bonds. The first-order chi connectivity index (χ1) is 13.3. The first kappa shape index (κ1) is 17.0. The van der Waals surface area contributed by atoms with Gasteiger partial charge in [-0.3, -0.25) is 9.36 Å². The molecular weight excluding hydrogens is 362 g/mol. The van der Waals surface area contributed by atoms with Crippen molar-refractivity contribution in [2.24, 2.45) is 0 Å². The summed E-state index contributed by atoms with van der Waals surface area (Å²) in [4.78, 5) is 23.0. The maximum Gasteiger partial charge on any atom is 0.264 e. The highest BCUT2D eigenvalue weighted by Crippen LogP contribution is 2.34. The second kappa shape index (κ2) is 7.13. The fourth-order valence-corrected chi connectivity index (χ4v) is 5.36. The van der Waals surface area contributed by atoms with Crippen LogP contribution >= 0.6 is 11.3 Å². The van der Waals surface area contributed by atoms with Crippen molar-refractivity contribution in [1.29, 1.82) is 0 Å². The van der Waals surface area contributed by atoms with Crippen LogP contribution in [0, 0.1) is 0 Å². The highest BCUT2D eigenvalue weighted by atomic mass is 32.1. The number of nitrogens with zero attached hydrogens (tertiary/aromatic N) is 3. The number of morpholine rings is 1. The summed E-state index contributed by atoms with van der Waals surface area (Å²) in [6, 6.07) is 3.77. The van der Waals surface area contributed by atoms with Gasteiger partial charge in [0.15, 0.2) is 0 Å². The summed E-state index contributed by atoms with van der Waals surface area (Å²) < 4.78 is 12.8. The third kappa shape index (κ3) is 3.08. The van der Waals surface area contributed by atoms with Crippen LogP contribution in [-0.4, -0.2) is 35.9 Å². The van der Waals surface area contributed by atoms with Gasteiger partial charge in [-0.25, -0.2) is 4.98 Å². The molecule has 5 rings (SSSR count). The number of hydrogen-bond acceptors (Lipinski definition) is 6. The van der Waals surface area contributed by atoms with E-state index in [4.69, 9.17) is 14.1 Å². The molecule has 0 spiro atoms. The van der Waals surface area contributed by atoms with Crippen molar-refractivity contribution >= 4 is 27.5 Å². The molecule has 142 valence electrons. The van der Waals surface area contributed by atoms with Crippen LogP contribution in [0.1, 0.15) is 35.5 Å². The van der Waals surface area contributed by atoms with Crippen molar-refractivity contribution < 1.29 is 9.15 Å². The van der Waals surface area contributed by atoms with E-state index in [9.17, 15) is 4.79 Å². The summed E-state index contributed by atoms with van der Waals surface area (Å²) in [5, 5.41) is 0.834. The van der Waals surface area contributed by atoms with Crippen LogP contribution in [0.4, 0.5) is 5.95 Å². The quantitative estimate of drug-likeness (QED) is 0.648. The summed E-state index contributed by atoms with van der Waals surface area (Å²) >= 11 is 1.72. The van der Waals surface area contributed by atoms with Gasteiger partial charge in [-0.05, 0) is 43.4 Å². The van der Waals surface area contributed by atoms with E-state index in [-0.39, 0.29) is 5.56 Å². The van der Waals surface area contributed by atoms with Crippen molar-refractivity contribution in [3.8, 4) is 0 Å². The van der Waals surface area contributed by atoms with Crippen LogP contribution in [0.15, 0.2) is 27.6 Å². The molecule has 3 aromatic heterocycles. The number of anilines is 1. The average molecular weight is 385 g/mol. The molecule has 6 nitrogen and oxygen atoms in total. The minimum atomic E-state index is 0.0669. The smallest absolute Gasteiger partial charge is 0.264 e. The van der Waals surface area contributed by atoms with Crippen LogP contribution < -0.4 is 10.5 Å². The standard InChI is InChI=1S/C20H23N3O3S/c24-19-17-15-6-2-1-3-7-16(15)27-18(17)21-20(22-8-11-25-12-9-22)23(19)13-14-5-4-10-26-14/h4-5,10H,1-3,6-9,11-13H2. The number of ether oxygens (including phenoxy) is 1. The second-order valence-corrected chi connectivity index (χ2v) is 8.31. The summed E-state index contributed by atoms with van der Waals surface area (Å²) in [7, 11) is 0. The number of aryl methyl sites for hydroxylation is 2. The zero-order chi connectivity index (χ0) is 18.2. The molecule has 0 bridgehead atoms. The van der Waals surface area contributed by atoms with Gasteiger partial charge < -0.3 is 14.1 Å². The Morgan fingerprint density at radius 1 is 1.15 bits per heavy atom. The van der Waals surface area contributed by atoms with E-state index in [1.165, 1.54) is 23.3 Å². The molecule has 3 aromatic rings. The van der Waals surface area contributed by atoms with Crippen LogP contribution in [0.5, 0.6) is 0 Å². The lowest BCUT2D eigenvalue weighted by atomic mass is 10.1. The topological polar surface area (TPSA) is 60.5 Å². The molecule has 0 unspecified atom stereocenters. The lowest BCUT2D eigenvalue weighted by Gasteiger charge is -2.29. The average Bonchev–Trinajstić information content (AvgIpc) is 3.27. The number of hydrogen-bond donors (Lipinski definition) is 0. The molecule has 1 fully saturated rings. The molecule has 7 heteroatoms. The van der Waals surface area contributed by atoms with Gasteiger partial charge in [-0.2, -0.15) is 0 Å². The first-order valence-electron chi connectivity index (χ1n) is 9.71. The van der Waals surface area contributed by atoms with Gasteiger partial charge in [0.2, 0.25) is 5.95 Å². The number of furan rings is 1. The fourth-order valence-electron chi connectivity index (χ4n) is 4.11. The lowest BCUT2D eigenvalue weighted by Crippen LogP contribution is -2.40. The zero-order valence-corrected chi connectivity index (χ0v) is 16.1. The molecular formula is C20H23N3O3S. The van der Waals surface area contributed by atoms with Crippen molar-refractivity contribution in [1.82, 2.24) is 9.55 Å². The number of rotatable bonds is 3. The zero-order valence-electron chi connectivity index (χ0n) is 15.3. The van der Waals surface area contributed by atoms with Gasteiger partial charge >= 0.3 is 0 Å². The predicted molar refractivity (Wildman–Crippen MR) is 106 cm³/mol. The molecule has 4 heterocycles. The third-order valence-corrected chi connectivity index (χ3v) is 6.68. The summed E-state index contributed by atoms with van der Waals surface area (Å²) in [6.07, 6.45) is 7.31. The fraction of sp³-hybridized carbons (Fsp3) is 0.500. The molecule has 0 aromatic carbocycles. The monoisotopic (exact) mass is 385 g/mol. The van der Waals surface area contributed by atoms with Gasteiger partial charge in [-0.1, -0.05) is 6.42 Å². The highest BCUT2D eigenvalue weighted by molar-refractivity contribution is 7.18. The molecule has 27 heavy (non-hydrogen) atoms. The molecule has 1 aliphatic heterocycles. The Hall–Kier alpha value is -2.12. The van der Waals surface area contributed by atoms with Gasteiger partial charge in [0, 0.05) is 18.0 Å². The molecule has 0 saturated carbocycles. The minimum Gasteiger partial charge on any atom is -0.467 e. The van der Waals surface area contributed by atoms with Crippen molar-refractivity contribution in [2.75, 3.05) is 31.2 Å². The molecule has 1 saturated heterocycles. The predicted octanol–water partition coefficient (Wildman–Crippen LogP) is 3.20. The molecule has 0 radical (unpaired) electrons. The van der Waals surface area contributed by atoms with E-state index in [2.05, 4.69) is 4.90 Å². The van der Waals surface area contributed by atoms with Crippen LogP contribution in [-0.2, 0) is 24.1 Å². The molecule has 0 atom stereocenters. The molecule has 0 N–H and O–H groups in total. The van der Waals surface area contributed by atoms with Crippen LogP contribution in [0.25, 0.3) is 10.2 Å². The van der Waals surface area contributed by atoms with Crippen molar-refractivity contribution in [3.05, 3.63) is 45.0 Å². The van der Waals surface area contributed by atoms with E-state index in [0.717, 1.165) is 54.3 Å². The van der Waals surface area contributed by atoms with Crippen LogP contribution in [0.2, 0.25) is 0 Å².